The van der Waals surface area contributed by atoms with Crippen LogP contribution < -0.4 is 26.2 Å². The van der Waals surface area contributed by atoms with E-state index in [4.69, 9.17) is 0 Å². The van der Waals surface area contributed by atoms with E-state index in [-0.39, 0.29) is 5.70 Å². The van der Waals surface area contributed by atoms with E-state index >= 15 is 0 Å². The minimum absolute atomic E-state index is 0.147. The van der Waals surface area contributed by atoms with E-state index in [1.807, 2.05) is 12.1 Å². The van der Waals surface area contributed by atoms with E-state index in [1.165, 1.54) is 5.69 Å². The standard InChI is InChI=1S/C23H26N10O2/c1-31-8-10-32(11-9-31)17-6-4-15(5-7-17)25-21-28-19-14(12-18-20(34)29-23(35)27-18)13-24-33(19)22(30-21)26-16-2-3-16/h4-7,12-13,16H,2-3,8-11H2,1H3,(H2,25,26,28,30)(H2,27,29,34,35)/b18-12-. The van der Waals surface area contributed by atoms with Crippen LogP contribution in [0.1, 0.15) is 18.4 Å². The van der Waals surface area contributed by atoms with E-state index in [0.29, 0.717) is 29.1 Å². The lowest BCUT2D eigenvalue weighted by molar-refractivity contribution is -0.115. The number of hydrogen-bond donors (Lipinski definition) is 4. The van der Waals surface area contributed by atoms with Crippen LogP contribution in [0.15, 0.2) is 36.2 Å². The fraction of sp³-hybridized carbons (Fsp3) is 0.348. The highest BCUT2D eigenvalue weighted by atomic mass is 16.2. The Hall–Kier alpha value is -4.19. The molecule has 3 amide bonds. The number of imide groups is 1. The lowest BCUT2D eigenvalue weighted by Crippen LogP contribution is -2.44. The monoisotopic (exact) mass is 474 g/mol. The first kappa shape index (κ1) is 21.4. The van der Waals surface area contributed by atoms with Crippen LogP contribution in [0.3, 0.4) is 0 Å². The summed E-state index contributed by atoms with van der Waals surface area (Å²) in [5.41, 5.74) is 3.31. The van der Waals surface area contributed by atoms with Gasteiger partial charge in [0.05, 0.1) is 6.20 Å². The number of piperazine rings is 1. The maximum Gasteiger partial charge on any atom is 0.326 e. The molecule has 180 valence electrons. The van der Waals surface area contributed by atoms with Gasteiger partial charge in [-0.05, 0) is 50.2 Å². The minimum atomic E-state index is -0.550. The lowest BCUT2D eigenvalue weighted by atomic mass is 10.2. The first-order chi connectivity index (χ1) is 17.0. The largest absolute Gasteiger partial charge is 0.369 e. The van der Waals surface area contributed by atoms with E-state index in [9.17, 15) is 9.59 Å². The highest BCUT2D eigenvalue weighted by Crippen LogP contribution is 2.27. The summed E-state index contributed by atoms with van der Waals surface area (Å²) >= 11 is 0. The van der Waals surface area contributed by atoms with E-state index in [0.717, 1.165) is 44.7 Å². The number of benzene rings is 1. The van der Waals surface area contributed by atoms with Crippen molar-refractivity contribution in [1.82, 2.24) is 35.1 Å². The van der Waals surface area contributed by atoms with Crippen molar-refractivity contribution in [3.8, 4) is 0 Å². The van der Waals surface area contributed by atoms with Crippen LogP contribution in [0.25, 0.3) is 11.7 Å². The van der Waals surface area contributed by atoms with Crippen LogP contribution in [0.2, 0.25) is 0 Å². The molecule has 1 saturated carbocycles. The molecule has 3 aromatic rings. The Balaban J connectivity index is 1.29. The van der Waals surface area contributed by atoms with Gasteiger partial charge < -0.3 is 25.8 Å². The van der Waals surface area contributed by atoms with Gasteiger partial charge in [-0.25, -0.2) is 4.79 Å². The van der Waals surface area contributed by atoms with Crippen LogP contribution in [-0.4, -0.2) is 75.7 Å². The SMILES string of the molecule is CN1CCN(c2ccc(Nc3nc(NC4CC4)n4ncc(/C=C5\NC(=O)NC5=O)c4n3)cc2)CC1. The smallest absolute Gasteiger partial charge is 0.326 e. The Labute approximate surface area is 201 Å². The molecule has 1 aliphatic carbocycles. The second kappa shape index (κ2) is 8.55. The zero-order chi connectivity index (χ0) is 23.9. The van der Waals surface area contributed by atoms with Crippen molar-refractivity contribution in [3.05, 3.63) is 41.7 Å². The molecule has 2 saturated heterocycles. The molecule has 12 nitrogen and oxygen atoms in total. The third-order valence-corrected chi connectivity index (χ3v) is 6.32. The minimum Gasteiger partial charge on any atom is -0.369 e. The van der Waals surface area contributed by atoms with Crippen LogP contribution >= 0.6 is 0 Å². The molecule has 0 unspecified atom stereocenters. The Morgan fingerprint density at radius 1 is 1.03 bits per heavy atom. The van der Waals surface area contributed by atoms with Crippen LogP contribution in [-0.2, 0) is 4.79 Å². The summed E-state index contributed by atoms with van der Waals surface area (Å²) in [6.45, 7) is 4.13. The van der Waals surface area contributed by atoms with Gasteiger partial charge in [-0.2, -0.15) is 19.6 Å². The molecule has 2 aromatic heterocycles. The second-order valence-corrected chi connectivity index (χ2v) is 9.05. The molecule has 0 spiro atoms. The van der Waals surface area contributed by atoms with Crippen LogP contribution in [0, 0.1) is 0 Å². The Morgan fingerprint density at radius 2 is 1.80 bits per heavy atom. The highest BCUT2D eigenvalue weighted by molar-refractivity contribution is 6.14. The summed E-state index contributed by atoms with van der Waals surface area (Å²) in [4.78, 5) is 37.5. The zero-order valence-electron chi connectivity index (χ0n) is 19.3. The number of urea groups is 1. The maximum atomic E-state index is 12.0. The second-order valence-electron chi connectivity index (χ2n) is 9.05. The van der Waals surface area contributed by atoms with Crippen molar-refractivity contribution in [1.29, 1.82) is 0 Å². The first-order valence-electron chi connectivity index (χ1n) is 11.7. The van der Waals surface area contributed by atoms with E-state index < -0.39 is 11.9 Å². The van der Waals surface area contributed by atoms with Crippen LogP contribution in [0.5, 0.6) is 0 Å². The molecule has 3 fully saturated rings. The molecule has 4 N–H and O–H groups in total. The van der Waals surface area contributed by atoms with Gasteiger partial charge in [-0.1, -0.05) is 0 Å². The van der Waals surface area contributed by atoms with Crippen molar-refractivity contribution in [2.24, 2.45) is 0 Å². The van der Waals surface area contributed by atoms with Crippen LogP contribution in [0.4, 0.5) is 28.1 Å². The molecule has 12 heteroatoms. The fourth-order valence-corrected chi connectivity index (χ4v) is 4.14. The normalized spacial score (nSPS) is 19.8. The number of carbonyl (C=O) groups excluding carboxylic acids is 2. The Bertz CT molecular complexity index is 1320. The summed E-state index contributed by atoms with van der Waals surface area (Å²) < 4.78 is 1.61. The lowest BCUT2D eigenvalue weighted by Gasteiger charge is -2.34. The topological polar surface area (TPSA) is 132 Å². The third kappa shape index (κ3) is 4.47. The molecule has 3 aliphatic rings. The maximum absolute atomic E-state index is 12.0. The molecule has 0 bridgehead atoms. The predicted molar refractivity (Wildman–Crippen MR) is 132 cm³/mol. The summed E-state index contributed by atoms with van der Waals surface area (Å²) in [6.07, 6.45) is 5.31. The van der Waals surface area contributed by atoms with E-state index in [1.54, 1.807) is 16.8 Å². The number of rotatable bonds is 6. The van der Waals surface area contributed by atoms with Crippen molar-refractivity contribution < 1.29 is 9.59 Å². The molecular formula is C23H26N10O2. The van der Waals surface area contributed by atoms with Gasteiger partial charge in [0.15, 0.2) is 5.65 Å². The quantitative estimate of drug-likeness (QED) is 0.309. The fourth-order valence-electron chi connectivity index (χ4n) is 4.14. The molecule has 0 atom stereocenters. The number of anilines is 4. The summed E-state index contributed by atoms with van der Waals surface area (Å²) in [5, 5.41) is 15.8. The third-order valence-electron chi connectivity index (χ3n) is 6.32. The zero-order valence-corrected chi connectivity index (χ0v) is 19.3. The number of hydrogen-bond acceptors (Lipinski definition) is 9. The van der Waals surface area contributed by atoms with E-state index in [2.05, 4.69) is 65.3 Å². The number of likely N-dealkylation sites (N-methyl/N-ethyl adjacent to an activating group) is 1. The average molecular weight is 475 g/mol. The molecule has 2 aliphatic heterocycles. The van der Waals surface area contributed by atoms with Gasteiger partial charge >= 0.3 is 6.03 Å². The van der Waals surface area contributed by atoms with Gasteiger partial charge in [-0.3, -0.25) is 10.1 Å². The molecule has 0 radical (unpaired) electrons. The molecular weight excluding hydrogens is 448 g/mol. The number of aromatic nitrogens is 4. The Morgan fingerprint density at radius 3 is 2.49 bits per heavy atom. The highest BCUT2D eigenvalue weighted by Gasteiger charge is 2.26. The Kier molecular flexibility index (Phi) is 5.21. The first-order valence-corrected chi connectivity index (χ1v) is 11.7. The van der Waals surface area contributed by atoms with Gasteiger partial charge in [-0.15, -0.1) is 0 Å². The summed E-state index contributed by atoms with van der Waals surface area (Å²) in [7, 11) is 2.15. The molecule has 6 rings (SSSR count). The molecule has 1 aromatic carbocycles. The van der Waals surface area contributed by atoms with Gasteiger partial charge in [0.25, 0.3) is 5.91 Å². The van der Waals surface area contributed by atoms with Crippen molar-refractivity contribution in [2.45, 2.75) is 18.9 Å². The number of amides is 3. The van der Waals surface area contributed by atoms with Gasteiger partial charge in [0.1, 0.15) is 5.70 Å². The number of fused-ring (bicyclic) bond motifs is 1. The van der Waals surface area contributed by atoms with Crippen molar-refractivity contribution >= 4 is 46.9 Å². The molecule has 35 heavy (non-hydrogen) atoms. The average Bonchev–Trinajstić information content (AvgIpc) is 3.48. The number of nitrogens with zero attached hydrogens (tertiary/aromatic N) is 6. The summed E-state index contributed by atoms with van der Waals surface area (Å²) in [6, 6.07) is 8.05. The molecule has 4 heterocycles. The van der Waals surface area contributed by atoms with Gasteiger partial charge in [0, 0.05) is 49.2 Å². The van der Waals surface area contributed by atoms with Gasteiger partial charge in [0.2, 0.25) is 11.9 Å². The number of carbonyl (C=O) groups is 2. The number of nitrogens with one attached hydrogen (secondary N) is 4. The van der Waals surface area contributed by atoms with Crippen molar-refractivity contribution in [3.63, 3.8) is 0 Å². The van der Waals surface area contributed by atoms with Crippen molar-refractivity contribution in [2.75, 3.05) is 48.8 Å². The summed E-state index contributed by atoms with van der Waals surface area (Å²) in [5.74, 6) is 0.491. The predicted octanol–water partition coefficient (Wildman–Crippen LogP) is 1.37.